The van der Waals surface area contributed by atoms with Crippen molar-refractivity contribution in [3.63, 3.8) is 0 Å². The highest BCUT2D eigenvalue weighted by atomic mass is 32.1. The van der Waals surface area contributed by atoms with E-state index in [1.165, 1.54) is 17.7 Å². The predicted octanol–water partition coefficient (Wildman–Crippen LogP) is 3.78. The lowest BCUT2D eigenvalue weighted by Crippen LogP contribution is -2.31. The summed E-state index contributed by atoms with van der Waals surface area (Å²) in [7, 11) is 0. The Bertz CT molecular complexity index is 798. The second kappa shape index (κ2) is 5.96. The molecule has 0 aliphatic carbocycles. The Morgan fingerprint density at radius 2 is 2.30 bits per heavy atom. The van der Waals surface area contributed by atoms with Crippen molar-refractivity contribution < 1.29 is 9.21 Å². The number of carbonyl (C=O) groups excluding carboxylic acids is 1. The smallest absolute Gasteiger partial charge is 0.277 e. The summed E-state index contributed by atoms with van der Waals surface area (Å²) in [5.74, 6) is 0.482. The minimum absolute atomic E-state index is 0.0593. The number of likely N-dealkylation sites (tertiary alicyclic amines) is 1. The highest BCUT2D eigenvalue weighted by molar-refractivity contribution is 7.13. The Kier molecular flexibility index (Phi) is 3.67. The van der Waals surface area contributed by atoms with Gasteiger partial charge in [0.1, 0.15) is 0 Å². The number of amides is 1. The molecule has 0 saturated carbocycles. The van der Waals surface area contributed by atoms with E-state index < -0.39 is 0 Å². The first kappa shape index (κ1) is 14.1. The molecule has 1 aliphatic rings. The van der Waals surface area contributed by atoms with Crippen LogP contribution in [-0.4, -0.2) is 27.3 Å². The lowest BCUT2D eigenvalue weighted by molar-refractivity contribution is 0.0730. The van der Waals surface area contributed by atoms with Crippen LogP contribution in [0.15, 0.2) is 52.9 Å². The molecule has 0 aromatic carbocycles. The van der Waals surface area contributed by atoms with Gasteiger partial charge in [-0.25, -0.2) is 4.98 Å². The van der Waals surface area contributed by atoms with Crippen molar-refractivity contribution in [2.45, 2.75) is 18.9 Å². The Balaban J connectivity index is 1.66. The molecule has 6 heteroatoms. The maximum absolute atomic E-state index is 13.0. The Hall–Kier alpha value is -2.47. The van der Waals surface area contributed by atoms with Crippen LogP contribution < -0.4 is 0 Å². The van der Waals surface area contributed by atoms with Gasteiger partial charge in [0.25, 0.3) is 5.91 Å². The van der Waals surface area contributed by atoms with Crippen LogP contribution in [-0.2, 0) is 0 Å². The van der Waals surface area contributed by atoms with Crippen molar-refractivity contribution in [1.29, 1.82) is 0 Å². The van der Waals surface area contributed by atoms with Gasteiger partial charge in [-0.1, -0.05) is 12.1 Å². The summed E-state index contributed by atoms with van der Waals surface area (Å²) in [5, 5.41) is 1.96. The van der Waals surface area contributed by atoms with Crippen molar-refractivity contribution in [2.24, 2.45) is 0 Å². The molecule has 4 heterocycles. The SMILES string of the molecule is O=C(c1ncoc1-c1cccs1)N1CCC[C@@H]1c1cccnc1. The third kappa shape index (κ3) is 2.55. The number of hydrogen-bond donors (Lipinski definition) is 0. The molecule has 0 N–H and O–H groups in total. The molecule has 3 aromatic heterocycles. The fourth-order valence-electron chi connectivity index (χ4n) is 3.05. The number of oxazole rings is 1. The van der Waals surface area contributed by atoms with Crippen LogP contribution in [0.3, 0.4) is 0 Å². The van der Waals surface area contributed by atoms with E-state index in [1.54, 1.807) is 6.20 Å². The first-order valence-corrected chi connectivity index (χ1v) is 8.41. The van der Waals surface area contributed by atoms with Gasteiger partial charge in [0.05, 0.1) is 10.9 Å². The van der Waals surface area contributed by atoms with Crippen molar-refractivity contribution in [3.05, 3.63) is 59.7 Å². The lowest BCUT2D eigenvalue weighted by Gasteiger charge is -2.24. The summed E-state index contributed by atoms with van der Waals surface area (Å²) in [5.41, 5.74) is 1.46. The predicted molar refractivity (Wildman–Crippen MR) is 87.1 cm³/mol. The van der Waals surface area contributed by atoms with Gasteiger partial charge in [0.2, 0.25) is 0 Å². The summed E-state index contributed by atoms with van der Waals surface area (Å²) in [4.78, 5) is 24.1. The van der Waals surface area contributed by atoms with Crippen molar-refractivity contribution in [2.75, 3.05) is 6.54 Å². The van der Waals surface area contributed by atoms with Gasteiger partial charge in [0.15, 0.2) is 17.8 Å². The van der Waals surface area contributed by atoms with Crippen molar-refractivity contribution in [3.8, 4) is 10.6 Å². The molecule has 23 heavy (non-hydrogen) atoms. The van der Waals surface area contributed by atoms with Crippen LogP contribution in [0.4, 0.5) is 0 Å². The minimum atomic E-state index is -0.0755. The molecule has 116 valence electrons. The molecule has 1 atom stereocenters. The van der Waals surface area contributed by atoms with E-state index >= 15 is 0 Å². The van der Waals surface area contributed by atoms with E-state index in [-0.39, 0.29) is 11.9 Å². The molecule has 0 radical (unpaired) electrons. The quantitative estimate of drug-likeness (QED) is 0.735. The number of nitrogens with zero attached hydrogens (tertiary/aromatic N) is 3. The van der Waals surface area contributed by atoms with E-state index in [0.717, 1.165) is 29.8 Å². The molecule has 0 spiro atoms. The van der Waals surface area contributed by atoms with Gasteiger partial charge in [-0.3, -0.25) is 9.78 Å². The van der Waals surface area contributed by atoms with Gasteiger partial charge >= 0.3 is 0 Å². The maximum Gasteiger partial charge on any atom is 0.277 e. The number of rotatable bonds is 3. The van der Waals surface area contributed by atoms with Crippen LogP contribution in [0, 0.1) is 0 Å². The van der Waals surface area contributed by atoms with Crippen LogP contribution in [0.1, 0.15) is 34.9 Å². The molecular weight excluding hydrogens is 310 g/mol. The van der Waals surface area contributed by atoms with Crippen molar-refractivity contribution in [1.82, 2.24) is 14.9 Å². The zero-order chi connectivity index (χ0) is 15.6. The third-order valence-electron chi connectivity index (χ3n) is 4.10. The second-order valence-electron chi connectivity index (χ2n) is 5.45. The number of pyridine rings is 1. The fraction of sp³-hybridized carbons (Fsp3) is 0.235. The second-order valence-corrected chi connectivity index (χ2v) is 6.40. The average molecular weight is 325 g/mol. The molecule has 0 bridgehead atoms. The summed E-state index contributed by atoms with van der Waals surface area (Å²) in [6.07, 6.45) is 6.86. The molecule has 4 rings (SSSR count). The Morgan fingerprint density at radius 1 is 1.35 bits per heavy atom. The zero-order valence-corrected chi connectivity index (χ0v) is 13.2. The standard InChI is InChI=1S/C17H15N3O2S/c21-17(15-16(22-11-19-15)14-6-3-9-23-14)20-8-2-5-13(20)12-4-1-7-18-10-12/h1,3-4,6-7,9-11,13H,2,5,8H2/t13-/m1/s1. The number of hydrogen-bond acceptors (Lipinski definition) is 5. The maximum atomic E-state index is 13.0. The molecule has 1 fully saturated rings. The Morgan fingerprint density at radius 3 is 3.09 bits per heavy atom. The largest absolute Gasteiger partial charge is 0.442 e. The molecule has 5 nitrogen and oxygen atoms in total. The van der Waals surface area contributed by atoms with E-state index in [2.05, 4.69) is 9.97 Å². The fourth-order valence-corrected chi connectivity index (χ4v) is 3.76. The Labute approximate surface area is 137 Å². The van der Waals surface area contributed by atoms with E-state index in [4.69, 9.17) is 4.42 Å². The lowest BCUT2D eigenvalue weighted by atomic mass is 10.1. The van der Waals surface area contributed by atoms with Gasteiger partial charge in [0, 0.05) is 18.9 Å². The van der Waals surface area contributed by atoms with E-state index in [9.17, 15) is 4.79 Å². The summed E-state index contributed by atoms with van der Waals surface area (Å²) in [6.45, 7) is 0.731. The molecule has 0 unspecified atom stereocenters. The zero-order valence-electron chi connectivity index (χ0n) is 12.4. The number of thiophene rings is 1. The normalized spacial score (nSPS) is 17.6. The average Bonchev–Trinajstić information content (AvgIpc) is 3.34. The van der Waals surface area contributed by atoms with E-state index in [1.807, 2.05) is 40.7 Å². The molecule has 1 aliphatic heterocycles. The molecule has 1 amide bonds. The first-order valence-electron chi connectivity index (χ1n) is 7.53. The summed E-state index contributed by atoms with van der Waals surface area (Å²) < 4.78 is 5.47. The minimum Gasteiger partial charge on any atom is -0.442 e. The molecular formula is C17H15N3O2S. The van der Waals surface area contributed by atoms with Gasteiger partial charge in [-0.05, 0) is 35.9 Å². The molecule has 3 aromatic rings. The summed E-state index contributed by atoms with van der Waals surface area (Å²) >= 11 is 1.54. The van der Waals surface area contributed by atoms with E-state index in [0.29, 0.717) is 11.5 Å². The van der Waals surface area contributed by atoms with Crippen LogP contribution >= 0.6 is 11.3 Å². The van der Waals surface area contributed by atoms with Gasteiger partial charge in [-0.15, -0.1) is 11.3 Å². The first-order chi connectivity index (χ1) is 11.3. The van der Waals surface area contributed by atoms with Gasteiger partial charge < -0.3 is 9.32 Å². The molecule has 1 saturated heterocycles. The highest BCUT2D eigenvalue weighted by Gasteiger charge is 2.33. The number of carbonyl (C=O) groups is 1. The third-order valence-corrected chi connectivity index (χ3v) is 4.97. The topological polar surface area (TPSA) is 59.2 Å². The monoisotopic (exact) mass is 325 g/mol. The number of aromatic nitrogens is 2. The van der Waals surface area contributed by atoms with Crippen LogP contribution in [0.5, 0.6) is 0 Å². The van der Waals surface area contributed by atoms with Crippen LogP contribution in [0.25, 0.3) is 10.6 Å². The summed E-state index contributed by atoms with van der Waals surface area (Å²) in [6, 6.07) is 7.86. The van der Waals surface area contributed by atoms with Crippen LogP contribution in [0.2, 0.25) is 0 Å². The van der Waals surface area contributed by atoms with Gasteiger partial charge in [-0.2, -0.15) is 0 Å². The highest BCUT2D eigenvalue weighted by Crippen LogP contribution is 2.35. The van der Waals surface area contributed by atoms with Crippen molar-refractivity contribution >= 4 is 17.2 Å².